The summed E-state index contributed by atoms with van der Waals surface area (Å²) in [6.45, 7) is 0. The highest BCUT2D eigenvalue weighted by Crippen LogP contribution is 2.53. The standard InChI is InChI=1S/C6H3F6O2P/c7-4(8)1-14-15(13,2-5(9)10)3-6(11)12/h1-3H. The molecule has 0 unspecified atom stereocenters. The van der Waals surface area contributed by atoms with Crippen LogP contribution in [0.4, 0.5) is 26.3 Å². The highest BCUT2D eigenvalue weighted by molar-refractivity contribution is 7.65. The van der Waals surface area contributed by atoms with Crippen LogP contribution in [0.5, 0.6) is 0 Å². The van der Waals surface area contributed by atoms with Crippen LogP contribution in [0.3, 0.4) is 0 Å². The minimum absolute atomic E-state index is 0.445. The summed E-state index contributed by atoms with van der Waals surface area (Å²) in [4.78, 5) is 0. The fourth-order valence-corrected chi connectivity index (χ4v) is 1.48. The molecule has 0 rings (SSSR count). The van der Waals surface area contributed by atoms with Crippen molar-refractivity contribution < 1.29 is 35.4 Å². The first-order valence-corrected chi connectivity index (χ1v) is 4.88. The van der Waals surface area contributed by atoms with E-state index in [2.05, 4.69) is 4.52 Å². The van der Waals surface area contributed by atoms with E-state index in [-0.39, 0.29) is 0 Å². The van der Waals surface area contributed by atoms with Crippen molar-refractivity contribution in [1.82, 2.24) is 0 Å². The zero-order chi connectivity index (χ0) is 12.1. The van der Waals surface area contributed by atoms with Gasteiger partial charge in [0.1, 0.15) is 0 Å². The van der Waals surface area contributed by atoms with E-state index in [1.165, 1.54) is 0 Å². The number of halogens is 6. The molecule has 0 aromatic carbocycles. The molecule has 0 bridgehead atoms. The summed E-state index contributed by atoms with van der Waals surface area (Å²) >= 11 is 0. The van der Waals surface area contributed by atoms with E-state index in [1.807, 2.05) is 0 Å². The molecule has 0 saturated carbocycles. The summed E-state index contributed by atoms with van der Waals surface area (Å²) < 4.78 is 84.1. The quantitative estimate of drug-likeness (QED) is 0.418. The minimum atomic E-state index is -4.77. The SMILES string of the molecule is O=P(C=C(F)F)(C=C(F)F)OC=C(F)F. The zero-order valence-corrected chi connectivity index (χ0v) is 7.66. The van der Waals surface area contributed by atoms with Crippen molar-refractivity contribution in [3.8, 4) is 0 Å². The third-order valence-electron chi connectivity index (χ3n) is 0.862. The number of rotatable bonds is 4. The number of hydrogen-bond donors (Lipinski definition) is 0. The lowest BCUT2D eigenvalue weighted by Crippen LogP contribution is -1.78. The lowest BCUT2D eigenvalue weighted by atomic mass is 11.1. The maximum absolute atomic E-state index is 11.6. The summed E-state index contributed by atoms with van der Waals surface area (Å²) in [6.07, 6.45) is -8.10. The van der Waals surface area contributed by atoms with E-state index in [0.717, 1.165) is 0 Å². The van der Waals surface area contributed by atoms with Gasteiger partial charge in [-0.15, -0.1) is 0 Å². The predicted octanol–water partition coefficient (Wildman–Crippen LogP) is 4.49. The van der Waals surface area contributed by atoms with Crippen LogP contribution < -0.4 is 0 Å². The second-order valence-corrected chi connectivity index (χ2v) is 4.01. The molecule has 0 aliphatic carbocycles. The third-order valence-corrected chi connectivity index (χ3v) is 2.41. The van der Waals surface area contributed by atoms with Gasteiger partial charge in [-0.3, -0.25) is 4.57 Å². The molecule has 9 heteroatoms. The summed E-state index contributed by atoms with van der Waals surface area (Å²) in [5, 5.41) is 0. The molecule has 15 heavy (non-hydrogen) atoms. The monoisotopic (exact) mass is 252 g/mol. The smallest absolute Gasteiger partial charge is 0.304 e. The fraction of sp³-hybridized carbons (Fsp3) is 0. The normalized spacial score (nSPS) is 10.3. The van der Waals surface area contributed by atoms with Gasteiger partial charge in [-0.1, -0.05) is 0 Å². The highest BCUT2D eigenvalue weighted by atomic mass is 31.2. The lowest BCUT2D eigenvalue weighted by Gasteiger charge is -2.06. The summed E-state index contributed by atoms with van der Waals surface area (Å²) in [6, 6.07) is 0. The largest absolute Gasteiger partial charge is 0.440 e. The van der Waals surface area contributed by atoms with Crippen molar-refractivity contribution >= 4 is 7.37 Å². The van der Waals surface area contributed by atoms with E-state index < -0.39 is 43.5 Å². The van der Waals surface area contributed by atoms with Crippen LogP contribution in [0.1, 0.15) is 0 Å². The molecular weight excluding hydrogens is 249 g/mol. The average Bonchev–Trinajstić information content (AvgIpc) is 1.97. The van der Waals surface area contributed by atoms with E-state index in [9.17, 15) is 30.9 Å². The Morgan fingerprint density at radius 2 is 1.27 bits per heavy atom. The molecule has 0 aromatic heterocycles. The van der Waals surface area contributed by atoms with Gasteiger partial charge in [0.15, 0.2) is 6.26 Å². The Bertz CT molecular complexity index is 327. The summed E-state index contributed by atoms with van der Waals surface area (Å²) in [7, 11) is -4.77. The molecule has 0 aromatic rings. The first-order chi connectivity index (χ1) is 6.75. The molecule has 0 spiro atoms. The topological polar surface area (TPSA) is 26.3 Å². The van der Waals surface area contributed by atoms with Crippen LogP contribution in [-0.4, -0.2) is 0 Å². The molecule has 0 aliphatic rings. The molecule has 0 amide bonds. The van der Waals surface area contributed by atoms with E-state index in [1.54, 1.807) is 0 Å². The van der Waals surface area contributed by atoms with Crippen LogP contribution in [0.25, 0.3) is 0 Å². The molecule has 0 saturated heterocycles. The third kappa shape index (κ3) is 6.84. The van der Waals surface area contributed by atoms with Crippen LogP contribution in [0.2, 0.25) is 0 Å². The first-order valence-electron chi connectivity index (χ1n) is 3.12. The van der Waals surface area contributed by atoms with Gasteiger partial charge in [0.25, 0.3) is 12.2 Å². The van der Waals surface area contributed by atoms with E-state index in [4.69, 9.17) is 0 Å². The van der Waals surface area contributed by atoms with Gasteiger partial charge >= 0.3 is 13.4 Å². The van der Waals surface area contributed by atoms with Crippen molar-refractivity contribution in [2.45, 2.75) is 0 Å². The molecule has 0 radical (unpaired) electrons. The van der Waals surface area contributed by atoms with Crippen molar-refractivity contribution in [1.29, 1.82) is 0 Å². The Morgan fingerprint density at radius 3 is 1.53 bits per heavy atom. The predicted molar refractivity (Wildman–Crippen MR) is 39.6 cm³/mol. The summed E-state index contributed by atoms with van der Waals surface area (Å²) in [5.74, 6) is -0.906. The molecule has 0 fully saturated rings. The maximum Gasteiger partial charge on any atom is 0.304 e. The Hall–Kier alpha value is -1.17. The molecule has 0 N–H and O–H groups in total. The molecule has 0 heterocycles. The van der Waals surface area contributed by atoms with Gasteiger partial charge in [-0.05, 0) is 0 Å². The van der Waals surface area contributed by atoms with E-state index in [0.29, 0.717) is 0 Å². The average molecular weight is 252 g/mol. The molecule has 0 atom stereocenters. The molecular formula is C6H3F6O2P. The van der Waals surface area contributed by atoms with Crippen LogP contribution in [0.15, 0.2) is 36.1 Å². The lowest BCUT2D eigenvalue weighted by molar-refractivity contribution is 0.362. The van der Waals surface area contributed by atoms with E-state index >= 15 is 0 Å². The van der Waals surface area contributed by atoms with Crippen LogP contribution >= 0.6 is 7.37 Å². The molecule has 2 nitrogen and oxygen atoms in total. The van der Waals surface area contributed by atoms with Crippen molar-refractivity contribution in [2.24, 2.45) is 0 Å². The highest BCUT2D eigenvalue weighted by Gasteiger charge is 2.21. The number of hydrogen-bond acceptors (Lipinski definition) is 2. The van der Waals surface area contributed by atoms with Crippen molar-refractivity contribution in [2.75, 3.05) is 0 Å². The van der Waals surface area contributed by atoms with Gasteiger partial charge in [0.2, 0.25) is 0 Å². The first kappa shape index (κ1) is 13.8. The summed E-state index contributed by atoms with van der Waals surface area (Å²) in [5.41, 5.74) is 0. The Balaban J connectivity index is 5.06. The van der Waals surface area contributed by atoms with Gasteiger partial charge in [0.05, 0.1) is 11.6 Å². The zero-order valence-electron chi connectivity index (χ0n) is 6.76. The van der Waals surface area contributed by atoms with Crippen molar-refractivity contribution in [3.63, 3.8) is 0 Å². The second kappa shape index (κ2) is 5.65. The second-order valence-electron chi connectivity index (χ2n) is 2.00. The van der Waals surface area contributed by atoms with Gasteiger partial charge in [-0.25, -0.2) is 0 Å². The van der Waals surface area contributed by atoms with Crippen LogP contribution in [-0.2, 0) is 9.09 Å². The molecule has 0 aliphatic heterocycles. The fourth-order valence-electron chi connectivity index (χ4n) is 0.492. The minimum Gasteiger partial charge on any atom is -0.440 e. The van der Waals surface area contributed by atoms with Crippen molar-refractivity contribution in [3.05, 3.63) is 36.1 Å². The maximum atomic E-state index is 11.6. The van der Waals surface area contributed by atoms with Gasteiger partial charge in [0, 0.05) is 0 Å². The Labute approximate surface area is 80.0 Å². The van der Waals surface area contributed by atoms with Gasteiger partial charge < -0.3 is 4.52 Å². The molecule has 86 valence electrons. The Kier molecular flexibility index (Phi) is 5.21. The van der Waals surface area contributed by atoms with Crippen LogP contribution in [0, 0.1) is 0 Å². The Morgan fingerprint density at radius 1 is 0.867 bits per heavy atom. The van der Waals surface area contributed by atoms with Gasteiger partial charge in [-0.2, -0.15) is 26.3 Å².